The fraction of sp³-hybridized carbons (Fsp3) is 0.316. The van der Waals surface area contributed by atoms with Crippen LogP contribution >= 0.6 is 8.53 Å². The standard InChI is InChI=1S/C19H21F5NO4P/c1-6-8-9-12(7-2)28-30(25-11(5)19(26)27-10(3)4)29-18-16(23)14(21)13(20)15(22)17(18)24/h6-11,25H,2H2,1,3-5H3/b8-6-,12-9+/t11-,30?/m0/s1. The van der Waals surface area contributed by atoms with Crippen LogP contribution in [-0.4, -0.2) is 18.1 Å². The zero-order valence-electron chi connectivity index (χ0n) is 16.6. The lowest BCUT2D eigenvalue weighted by Crippen LogP contribution is -2.34. The van der Waals surface area contributed by atoms with E-state index in [9.17, 15) is 26.7 Å². The third-order valence-electron chi connectivity index (χ3n) is 3.19. The van der Waals surface area contributed by atoms with E-state index in [0.29, 0.717) is 0 Å². The number of nitrogens with one attached hydrogen (secondary N) is 1. The molecule has 1 rings (SSSR count). The maximum Gasteiger partial charge on any atom is 0.382 e. The fourth-order valence-electron chi connectivity index (χ4n) is 1.79. The molecular weight excluding hydrogens is 432 g/mol. The second kappa shape index (κ2) is 11.7. The Morgan fingerprint density at radius 3 is 2.03 bits per heavy atom. The van der Waals surface area contributed by atoms with Crippen molar-refractivity contribution in [3.05, 3.63) is 65.7 Å². The van der Waals surface area contributed by atoms with Gasteiger partial charge in [-0.2, -0.15) is 8.78 Å². The van der Waals surface area contributed by atoms with Gasteiger partial charge in [0.15, 0.2) is 0 Å². The van der Waals surface area contributed by atoms with Crippen molar-refractivity contribution >= 4 is 14.5 Å². The first-order chi connectivity index (χ1) is 14.0. The molecule has 0 aromatic heterocycles. The minimum absolute atomic E-state index is 0.0417. The highest BCUT2D eigenvalue weighted by Gasteiger charge is 2.32. The third kappa shape index (κ3) is 6.81. The molecule has 0 aliphatic carbocycles. The van der Waals surface area contributed by atoms with Crippen molar-refractivity contribution in [1.82, 2.24) is 5.09 Å². The second-order valence-electron chi connectivity index (χ2n) is 5.97. The summed E-state index contributed by atoms with van der Waals surface area (Å²) in [6.45, 7) is 9.74. The van der Waals surface area contributed by atoms with Gasteiger partial charge in [-0.05, 0) is 39.8 Å². The number of ether oxygens (including phenoxy) is 1. The van der Waals surface area contributed by atoms with Crippen molar-refractivity contribution in [1.29, 1.82) is 0 Å². The molecule has 0 amide bonds. The summed E-state index contributed by atoms with van der Waals surface area (Å²) in [5, 5.41) is 2.48. The summed E-state index contributed by atoms with van der Waals surface area (Å²) in [5.41, 5.74) is 0. The van der Waals surface area contributed by atoms with Gasteiger partial charge >= 0.3 is 14.5 Å². The number of halogens is 5. The lowest BCUT2D eigenvalue weighted by Gasteiger charge is -2.23. The van der Waals surface area contributed by atoms with Crippen molar-refractivity contribution < 1.29 is 40.5 Å². The predicted octanol–water partition coefficient (Wildman–Crippen LogP) is 5.58. The highest BCUT2D eigenvalue weighted by molar-refractivity contribution is 7.45. The third-order valence-corrected chi connectivity index (χ3v) is 4.51. The molecule has 1 aromatic rings. The van der Waals surface area contributed by atoms with Gasteiger partial charge in [0.05, 0.1) is 6.10 Å². The smallest absolute Gasteiger partial charge is 0.382 e. The molecule has 0 aliphatic heterocycles. The van der Waals surface area contributed by atoms with Gasteiger partial charge < -0.3 is 13.8 Å². The van der Waals surface area contributed by atoms with Gasteiger partial charge in [0.25, 0.3) is 0 Å². The summed E-state index contributed by atoms with van der Waals surface area (Å²) < 4.78 is 83.5. The maximum absolute atomic E-state index is 14.0. The van der Waals surface area contributed by atoms with E-state index in [1.807, 2.05) is 0 Å². The Kier molecular flexibility index (Phi) is 9.95. The molecule has 1 N–H and O–H groups in total. The average molecular weight is 453 g/mol. The van der Waals surface area contributed by atoms with Crippen LogP contribution in [0.25, 0.3) is 0 Å². The number of benzene rings is 1. The monoisotopic (exact) mass is 453 g/mol. The Bertz CT molecular complexity index is 816. The Morgan fingerprint density at radius 2 is 1.57 bits per heavy atom. The van der Waals surface area contributed by atoms with E-state index in [0.717, 1.165) is 0 Å². The van der Waals surface area contributed by atoms with Crippen LogP contribution in [0.5, 0.6) is 5.75 Å². The summed E-state index contributed by atoms with van der Waals surface area (Å²) in [5.74, 6) is -13.3. The quantitative estimate of drug-likeness (QED) is 0.0954. The summed E-state index contributed by atoms with van der Waals surface area (Å²) in [6.07, 6.45) is 5.34. The molecule has 0 heterocycles. The van der Waals surface area contributed by atoms with Gasteiger partial charge in [-0.3, -0.25) is 4.79 Å². The predicted molar refractivity (Wildman–Crippen MR) is 102 cm³/mol. The van der Waals surface area contributed by atoms with Crippen LogP contribution in [0.15, 0.2) is 36.6 Å². The molecule has 0 radical (unpaired) electrons. The average Bonchev–Trinajstić information content (AvgIpc) is 2.70. The first-order valence-corrected chi connectivity index (χ1v) is 9.80. The molecule has 0 aliphatic rings. The first-order valence-electron chi connectivity index (χ1n) is 8.62. The van der Waals surface area contributed by atoms with Gasteiger partial charge in [-0.25, -0.2) is 18.3 Å². The molecule has 0 saturated heterocycles. The summed E-state index contributed by atoms with van der Waals surface area (Å²) >= 11 is 0. The summed E-state index contributed by atoms with van der Waals surface area (Å²) in [4.78, 5) is 12.0. The van der Waals surface area contributed by atoms with Crippen LogP contribution in [0.2, 0.25) is 0 Å². The number of allylic oxidation sites excluding steroid dienone is 4. The Balaban J connectivity index is 3.27. The Labute approximate surface area is 172 Å². The van der Waals surface area contributed by atoms with Gasteiger partial charge in [0, 0.05) is 0 Å². The van der Waals surface area contributed by atoms with Gasteiger partial charge in [0.1, 0.15) is 11.8 Å². The van der Waals surface area contributed by atoms with Crippen molar-refractivity contribution in [3.63, 3.8) is 0 Å². The number of carbonyl (C=O) groups is 1. The molecule has 11 heteroatoms. The topological polar surface area (TPSA) is 56.8 Å². The van der Waals surface area contributed by atoms with E-state index >= 15 is 0 Å². The number of esters is 1. The van der Waals surface area contributed by atoms with Crippen molar-refractivity contribution in [2.24, 2.45) is 0 Å². The molecule has 166 valence electrons. The minimum atomic E-state index is -2.62. The first kappa shape index (κ1) is 25.6. The lowest BCUT2D eigenvalue weighted by molar-refractivity contribution is -0.149. The number of hydrogen-bond acceptors (Lipinski definition) is 5. The molecule has 30 heavy (non-hydrogen) atoms. The van der Waals surface area contributed by atoms with E-state index in [4.69, 9.17) is 13.8 Å². The zero-order chi connectivity index (χ0) is 23.0. The summed E-state index contributed by atoms with van der Waals surface area (Å²) in [7, 11) is -2.62. The van der Waals surface area contributed by atoms with E-state index in [1.165, 1.54) is 19.1 Å². The highest BCUT2D eigenvalue weighted by Crippen LogP contribution is 2.42. The van der Waals surface area contributed by atoms with Crippen LogP contribution in [0.3, 0.4) is 0 Å². The number of hydrogen-bond donors (Lipinski definition) is 1. The number of carbonyl (C=O) groups excluding carboxylic acids is 1. The highest BCUT2D eigenvalue weighted by atomic mass is 31.2. The largest absolute Gasteiger partial charge is 0.462 e. The lowest BCUT2D eigenvalue weighted by atomic mass is 10.3. The molecule has 0 spiro atoms. The van der Waals surface area contributed by atoms with Gasteiger partial charge in [0.2, 0.25) is 34.8 Å². The van der Waals surface area contributed by atoms with Gasteiger partial charge in [-0.15, -0.1) is 0 Å². The van der Waals surface area contributed by atoms with E-state index in [1.54, 1.807) is 32.9 Å². The zero-order valence-corrected chi connectivity index (χ0v) is 17.5. The second-order valence-corrected chi connectivity index (χ2v) is 7.11. The molecule has 0 saturated carbocycles. The SMILES string of the molecule is C=C/C(=C\C=C/C)OP(N[C@@H](C)C(=O)OC(C)C)Oc1c(F)c(F)c(F)c(F)c1F. The molecule has 5 nitrogen and oxygen atoms in total. The Hall–Kier alpha value is -2.45. The maximum atomic E-state index is 14.0. The summed E-state index contributed by atoms with van der Waals surface area (Å²) in [6, 6.07) is -1.10. The fourth-order valence-corrected chi connectivity index (χ4v) is 3.00. The van der Waals surface area contributed by atoms with Crippen LogP contribution < -0.4 is 9.61 Å². The van der Waals surface area contributed by atoms with Crippen molar-refractivity contribution in [3.8, 4) is 5.75 Å². The minimum Gasteiger partial charge on any atom is -0.462 e. The molecule has 2 atom stereocenters. The van der Waals surface area contributed by atoms with Crippen LogP contribution in [-0.2, 0) is 14.1 Å². The van der Waals surface area contributed by atoms with Crippen molar-refractivity contribution in [2.75, 3.05) is 0 Å². The molecule has 0 bridgehead atoms. The molecule has 1 aromatic carbocycles. The van der Waals surface area contributed by atoms with Crippen LogP contribution in [0.1, 0.15) is 27.7 Å². The van der Waals surface area contributed by atoms with Crippen molar-refractivity contribution in [2.45, 2.75) is 39.8 Å². The van der Waals surface area contributed by atoms with E-state index in [-0.39, 0.29) is 5.76 Å². The van der Waals surface area contributed by atoms with Crippen LogP contribution in [0.4, 0.5) is 22.0 Å². The normalized spacial score (nSPS) is 14.0. The Morgan fingerprint density at radius 1 is 1.03 bits per heavy atom. The van der Waals surface area contributed by atoms with Gasteiger partial charge in [-0.1, -0.05) is 18.7 Å². The van der Waals surface area contributed by atoms with E-state index in [2.05, 4.69) is 11.7 Å². The van der Waals surface area contributed by atoms with E-state index < -0.39 is 61.5 Å². The molecule has 0 fully saturated rings. The molecule has 1 unspecified atom stereocenters. The number of rotatable bonds is 10. The molecular formula is C19H21F5NO4P. The van der Waals surface area contributed by atoms with Crippen LogP contribution in [0, 0.1) is 29.1 Å².